The minimum Gasteiger partial charge on any atom is 0 e. The minimum atomic E-state index is -3.13. The summed E-state index contributed by atoms with van der Waals surface area (Å²) in [7, 11) is -3.13. The minimum absolute atomic E-state index is 0. The van der Waals surface area contributed by atoms with Crippen LogP contribution in [-0.4, -0.2) is 48.3 Å². The van der Waals surface area contributed by atoms with Crippen LogP contribution in [0.4, 0.5) is 0 Å². The summed E-state index contributed by atoms with van der Waals surface area (Å²) in [6.07, 6.45) is 0. The second-order valence-electron chi connectivity index (χ2n) is 0.283. The normalized spacial score (nSPS) is 4.00. The van der Waals surface area contributed by atoms with Gasteiger partial charge in [0.25, 0.3) is 0 Å². The molecule has 0 aromatic rings. The van der Waals surface area contributed by atoms with E-state index >= 15 is 0 Å². The van der Waals surface area contributed by atoms with Gasteiger partial charge in [0.2, 0.25) is 0 Å². The monoisotopic (exact) mass is 166 g/mol. The maximum atomic E-state index is 8.74. The molecule has 6 heavy (non-hydrogen) atoms. The van der Waals surface area contributed by atoms with Gasteiger partial charge < -0.3 is 9.59 Å². The fourth-order valence-corrected chi connectivity index (χ4v) is 0. The van der Waals surface area contributed by atoms with E-state index in [9.17, 15) is 0 Å². The molecule has 0 radical (unpaired) electrons. The standard InChI is InChI=1S/Na.H2O3Si.Zn.H/c;1-4(2)3;;/h;1-2H;;. The summed E-state index contributed by atoms with van der Waals surface area (Å²) in [6, 6.07) is 0. The zero-order valence-corrected chi connectivity index (χ0v) is 6.48. The van der Waals surface area contributed by atoms with Crippen LogP contribution >= 0.6 is 0 Å². The van der Waals surface area contributed by atoms with Gasteiger partial charge >= 0.3 is 38.7 Å². The summed E-state index contributed by atoms with van der Waals surface area (Å²) in [6.45, 7) is 0. The van der Waals surface area contributed by atoms with E-state index in [1.807, 2.05) is 0 Å². The third-order valence-corrected chi connectivity index (χ3v) is 0. The molecule has 0 rings (SSSR count). The Hall–Kier alpha value is 1.24. The summed E-state index contributed by atoms with van der Waals surface area (Å²) in [4.78, 5) is 14.3. The molecule has 2 N–H and O–H groups in total. The van der Waals surface area contributed by atoms with Gasteiger partial charge in [0.05, 0.1) is 0 Å². The summed E-state index contributed by atoms with van der Waals surface area (Å²) in [5.41, 5.74) is 0. The van der Waals surface area contributed by atoms with Crippen molar-refractivity contribution in [1.82, 2.24) is 0 Å². The van der Waals surface area contributed by atoms with Gasteiger partial charge in [0.1, 0.15) is 0 Å². The van der Waals surface area contributed by atoms with Crippen LogP contribution in [0.15, 0.2) is 0 Å². The molecular weight excluding hydrogens is 164 g/mol. The van der Waals surface area contributed by atoms with Gasteiger partial charge in [-0.05, 0) is 0 Å². The molecule has 0 saturated heterocycles. The first-order valence-corrected chi connectivity index (χ1v) is 1.95. The van der Waals surface area contributed by atoms with Crippen LogP contribution in [0.2, 0.25) is 0 Å². The molecule has 0 heterocycles. The van der Waals surface area contributed by atoms with Crippen molar-refractivity contribution >= 4 is 38.7 Å². The maximum Gasteiger partial charge on any atom is 0 e. The average Bonchev–Trinajstić information content (AvgIpc) is 0.811. The van der Waals surface area contributed by atoms with Crippen molar-refractivity contribution in [3.05, 3.63) is 0 Å². The Morgan fingerprint density at radius 2 is 1.33 bits per heavy atom. The first-order valence-electron chi connectivity index (χ1n) is 0.651. The third-order valence-electron chi connectivity index (χ3n) is 0. The second-order valence-corrected chi connectivity index (χ2v) is 0.848. The predicted molar refractivity (Wildman–Crippen MR) is 18.0 cm³/mol. The molecule has 0 saturated carbocycles. The summed E-state index contributed by atoms with van der Waals surface area (Å²) in [5.74, 6) is 0. The van der Waals surface area contributed by atoms with Crippen LogP contribution in [0.5, 0.6) is 0 Å². The molecule has 0 aliphatic rings. The molecule has 0 unspecified atom stereocenters. The van der Waals surface area contributed by atoms with E-state index in [4.69, 9.17) is 14.1 Å². The molecule has 0 spiro atoms. The Labute approximate surface area is 71.7 Å². The molecule has 6 heteroatoms. The van der Waals surface area contributed by atoms with Crippen molar-refractivity contribution in [3.63, 3.8) is 0 Å². The SMILES string of the molecule is O=[Si](O)O.[NaH].[Zn]. The predicted octanol–water partition coefficient (Wildman–Crippen LogP) is -2.26. The number of hydrogen-bond donors (Lipinski definition) is 2. The Morgan fingerprint density at radius 1 is 1.33 bits per heavy atom. The molecule has 0 fully saturated rings. The first-order chi connectivity index (χ1) is 1.73. The molecule has 0 bridgehead atoms. The van der Waals surface area contributed by atoms with E-state index in [1.54, 1.807) is 0 Å². The van der Waals surface area contributed by atoms with E-state index in [1.165, 1.54) is 0 Å². The molecule has 0 amide bonds. The van der Waals surface area contributed by atoms with E-state index in [2.05, 4.69) is 0 Å². The van der Waals surface area contributed by atoms with E-state index in [0.717, 1.165) is 0 Å². The van der Waals surface area contributed by atoms with Crippen LogP contribution in [0.1, 0.15) is 0 Å². The van der Waals surface area contributed by atoms with E-state index in [-0.39, 0.29) is 49.0 Å². The average molecular weight is 167 g/mol. The summed E-state index contributed by atoms with van der Waals surface area (Å²) in [5, 5.41) is 0. The van der Waals surface area contributed by atoms with Crippen molar-refractivity contribution in [2.45, 2.75) is 0 Å². The van der Waals surface area contributed by atoms with Gasteiger partial charge in [-0.15, -0.1) is 0 Å². The van der Waals surface area contributed by atoms with Crippen molar-refractivity contribution < 1.29 is 33.5 Å². The second kappa shape index (κ2) is 9.53. The van der Waals surface area contributed by atoms with Crippen LogP contribution < -0.4 is 0 Å². The van der Waals surface area contributed by atoms with Crippen LogP contribution in [-0.2, 0) is 23.9 Å². The molecule has 3 nitrogen and oxygen atoms in total. The quantitative estimate of drug-likeness (QED) is 0.400. The van der Waals surface area contributed by atoms with Gasteiger partial charge in [-0.1, -0.05) is 0 Å². The molecule has 28 valence electrons. The molecule has 0 aromatic carbocycles. The van der Waals surface area contributed by atoms with Gasteiger partial charge in [0, 0.05) is 19.5 Å². The molecule has 0 aliphatic heterocycles. The molecular formula is H3NaO3SiZn. The zero-order valence-electron chi connectivity index (χ0n) is 2.51. The summed E-state index contributed by atoms with van der Waals surface area (Å²) >= 11 is 0. The van der Waals surface area contributed by atoms with Crippen molar-refractivity contribution in [2.75, 3.05) is 0 Å². The van der Waals surface area contributed by atoms with Gasteiger partial charge in [-0.3, -0.25) is 4.46 Å². The fraction of sp³-hybridized carbons (Fsp3) is 0. The van der Waals surface area contributed by atoms with Gasteiger partial charge in [-0.2, -0.15) is 0 Å². The zero-order chi connectivity index (χ0) is 3.58. The summed E-state index contributed by atoms with van der Waals surface area (Å²) < 4.78 is 8.74. The van der Waals surface area contributed by atoms with Crippen LogP contribution in [0.25, 0.3) is 0 Å². The van der Waals surface area contributed by atoms with Crippen LogP contribution in [0, 0.1) is 0 Å². The van der Waals surface area contributed by atoms with Gasteiger partial charge in [0.15, 0.2) is 0 Å². The molecule has 0 aromatic heterocycles. The largest absolute Gasteiger partial charge is 0 e. The van der Waals surface area contributed by atoms with Crippen LogP contribution in [0.3, 0.4) is 0 Å². The van der Waals surface area contributed by atoms with Crippen molar-refractivity contribution in [2.24, 2.45) is 0 Å². The third kappa shape index (κ3) is 61.3. The van der Waals surface area contributed by atoms with Gasteiger partial charge in [-0.25, -0.2) is 0 Å². The smallest absolute Gasteiger partial charge is 0 e. The number of rotatable bonds is 0. The van der Waals surface area contributed by atoms with Crippen molar-refractivity contribution in [3.8, 4) is 0 Å². The topological polar surface area (TPSA) is 57.5 Å². The molecule has 0 aliphatic carbocycles. The molecule has 0 atom stereocenters. The van der Waals surface area contributed by atoms with Crippen molar-refractivity contribution in [1.29, 1.82) is 0 Å². The maximum absolute atomic E-state index is 8.74. The Bertz CT molecular complexity index is 33.8. The van der Waals surface area contributed by atoms with E-state index in [0.29, 0.717) is 0 Å². The fourth-order valence-electron chi connectivity index (χ4n) is 0. The Morgan fingerprint density at radius 3 is 1.33 bits per heavy atom. The first kappa shape index (κ1) is 15.7. The van der Waals surface area contributed by atoms with E-state index < -0.39 is 9.17 Å². The Kier molecular flexibility index (Phi) is 24.9. The Balaban J connectivity index is -0.0000000450. The number of hydrogen-bond acceptors (Lipinski definition) is 1.